The lowest BCUT2D eigenvalue weighted by Crippen LogP contribution is -2.57. The number of nitrogens with two attached hydrogens (primary N) is 1. The molecule has 1 saturated carbocycles. The van der Waals surface area contributed by atoms with Crippen molar-refractivity contribution >= 4 is 23.6 Å². The maximum absolute atomic E-state index is 15.2. The lowest BCUT2D eigenvalue weighted by Gasteiger charge is -2.36. The van der Waals surface area contributed by atoms with Gasteiger partial charge in [0.05, 0.1) is 0 Å². The van der Waals surface area contributed by atoms with Gasteiger partial charge in [0.2, 0.25) is 11.8 Å². The van der Waals surface area contributed by atoms with Crippen LogP contribution >= 0.6 is 0 Å². The van der Waals surface area contributed by atoms with Crippen molar-refractivity contribution in [2.45, 2.75) is 82.6 Å². The maximum Gasteiger partial charge on any atom is 0.411 e. The van der Waals surface area contributed by atoms with Gasteiger partial charge in [0.15, 0.2) is 0 Å². The first-order chi connectivity index (χ1) is 17.5. The van der Waals surface area contributed by atoms with E-state index in [0.29, 0.717) is 17.5 Å². The molecule has 4 aliphatic rings. The molecule has 3 amide bonds. The highest BCUT2D eigenvalue weighted by Gasteiger charge is 2.52. The molecule has 202 valence electrons. The van der Waals surface area contributed by atoms with Crippen LogP contribution < -0.4 is 21.3 Å². The van der Waals surface area contributed by atoms with Crippen molar-refractivity contribution in [1.82, 2.24) is 15.5 Å². The van der Waals surface area contributed by atoms with Gasteiger partial charge in [-0.05, 0) is 76.0 Å². The number of hydrogen-bond donors (Lipinski definition) is 3. The number of amides is 3. The molecule has 0 radical (unpaired) electrons. The molecule has 3 saturated heterocycles. The molecule has 2 bridgehead atoms. The number of carbonyl (C=O) groups is 3. The number of hydrogen-bond acceptors (Lipinski definition) is 6. The van der Waals surface area contributed by atoms with E-state index >= 15 is 4.39 Å². The number of benzene rings is 1. The van der Waals surface area contributed by atoms with Crippen molar-refractivity contribution in [3.63, 3.8) is 0 Å². The summed E-state index contributed by atoms with van der Waals surface area (Å²) in [6.45, 7) is 8.13. The molecule has 3 heterocycles. The molecule has 4 N–H and O–H groups in total. The summed E-state index contributed by atoms with van der Waals surface area (Å²) in [6.07, 6.45) is 2.86. The van der Waals surface area contributed by atoms with E-state index < -0.39 is 41.4 Å². The fraction of sp³-hybridized carbons (Fsp3) is 0.667. The molecular weight excluding hydrogens is 477 g/mol. The number of carbonyl (C=O) groups excluding carboxylic acids is 3. The second-order valence-electron chi connectivity index (χ2n) is 12.0. The summed E-state index contributed by atoms with van der Waals surface area (Å²) in [5.74, 6) is -1.04. The summed E-state index contributed by atoms with van der Waals surface area (Å²) in [5, 5.41) is 6.12. The Hall–Kier alpha value is -2.88. The quantitative estimate of drug-likeness (QED) is 0.533. The molecule has 0 spiro atoms. The van der Waals surface area contributed by atoms with Gasteiger partial charge in [-0.2, -0.15) is 0 Å². The average Bonchev–Trinajstić information content (AvgIpc) is 3.59. The van der Waals surface area contributed by atoms with Crippen molar-refractivity contribution < 1.29 is 23.5 Å². The van der Waals surface area contributed by atoms with Crippen LogP contribution in [0.5, 0.6) is 0 Å². The molecule has 1 aromatic rings. The number of anilines is 1. The monoisotopic (exact) mass is 515 g/mol. The van der Waals surface area contributed by atoms with Crippen molar-refractivity contribution in [2.75, 3.05) is 24.5 Å². The van der Waals surface area contributed by atoms with Crippen molar-refractivity contribution in [1.29, 1.82) is 0 Å². The lowest BCUT2D eigenvalue weighted by molar-refractivity contribution is -0.132. The first-order valence-corrected chi connectivity index (χ1v) is 13.4. The number of piperidine rings is 1. The van der Waals surface area contributed by atoms with E-state index in [-0.39, 0.29) is 18.4 Å². The fourth-order valence-corrected chi connectivity index (χ4v) is 6.65. The summed E-state index contributed by atoms with van der Waals surface area (Å²) in [5.41, 5.74) is 6.07. The van der Waals surface area contributed by atoms with Crippen molar-refractivity contribution in [3.8, 4) is 0 Å². The third-order valence-electron chi connectivity index (χ3n) is 8.36. The maximum atomic E-state index is 15.2. The van der Waals surface area contributed by atoms with Crippen LogP contribution in [0.1, 0.15) is 52.0 Å². The molecule has 10 heteroatoms. The standard InChI is InChI=1S/C27H38FN5O4/c1-27(2,3)37-26(36)33-19-7-5-16(10-19)23(33)25(35)31-21(24(29)34)11-15-4-6-18(12-20(15)28)32-9-8-17-13-30-14-22(17)32/h4,6,12,16-17,19,21-23,30H,5,7-11,13-14H2,1-3H3,(H2,29,34)(H,31,35)/t16-,17?,19+,21-,22?,23-/m0/s1. The Bertz CT molecular complexity index is 1080. The topological polar surface area (TPSA) is 117 Å². The van der Waals surface area contributed by atoms with Crippen LogP contribution in [0.2, 0.25) is 0 Å². The average molecular weight is 516 g/mol. The van der Waals surface area contributed by atoms with Gasteiger partial charge < -0.3 is 26.0 Å². The minimum Gasteiger partial charge on any atom is -0.444 e. The Balaban J connectivity index is 1.28. The molecule has 2 unspecified atom stereocenters. The SMILES string of the molecule is CC(C)(C)OC(=O)N1[C@@H]2CC[C@@H](C2)[C@H]1C(=O)N[C@@H](Cc1ccc(N2CCC3CNCC32)cc1F)C(N)=O. The molecule has 37 heavy (non-hydrogen) atoms. The van der Waals surface area contributed by atoms with E-state index in [1.54, 1.807) is 26.8 Å². The molecule has 4 fully saturated rings. The summed E-state index contributed by atoms with van der Waals surface area (Å²) < 4.78 is 20.7. The molecule has 6 atom stereocenters. The zero-order valence-corrected chi connectivity index (χ0v) is 21.8. The van der Waals surface area contributed by atoms with E-state index in [4.69, 9.17) is 10.5 Å². The summed E-state index contributed by atoms with van der Waals surface area (Å²) in [4.78, 5) is 42.3. The summed E-state index contributed by atoms with van der Waals surface area (Å²) in [6, 6.07) is 3.54. The Labute approximate surface area is 217 Å². The third kappa shape index (κ3) is 5.12. The van der Waals surface area contributed by atoms with Gasteiger partial charge in [-0.1, -0.05) is 6.07 Å². The number of nitrogens with one attached hydrogen (secondary N) is 2. The largest absolute Gasteiger partial charge is 0.444 e. The van der Waals surface area contributed by atoms with Gasteiger partial charge in [0.1, 0.15) is 23.5 Å². The summed E-state index contributed by atoms with van der Waals surface area (Å²) in [7, 11) is 0. The molecule has 1 aliphatic carbocycles. The molecule has 9 nitrogen and oxygen atoms in total. The van der Waals surface area contributed by atoms with Crippen LogP contribution in [0.4, 0.5) is 14.9 Å². The summed E-state index contributed by atoms with van der Waals surface area (Å²) >= 11 is 0. The zero-order valence-electron chi connectivity index (χ0n) is 21.8. The van der Waals surface area contributed by atoms with Gasteiger partial charge in [-0.25, -0.2) is 9.18 Å². The number of nitrogens with zero attached hydrogens (tertiary/aromatic N) is 2. The van der Waals surface area contributed by atoms with Crippen molar-refractivity contribution in [3.05, 3.63) is 29.6 Å². The van der Waals surface area contributed by atoms with Crippen LogP contribution in [0.15, 0.2) is 18.2 Å². The highest BCUT2D eigenvalue weighted by molar-refractivity contribution is 5.91. The van der Waals surface area contributed by atoms with Crippen LogP contribution in [0, 0.1) is 17.7 Å². The van der Waals surface area contributed by atoms with Crippen molar-refractivity contribution in [2.24, 2.45) is 17.6 Å². The minimum absolute atomic E-state index is 0.00331. The van der Waals surface area contributed by atoms with E-state index in [1.807, 2.05) is 6.07 Å². The lowest BCUT2D eigenvalue weighted by atomic mass is 9.97. The number of fused-ring (bicyclic) bond motifs is 3. The van der Waals surface area contributed by atoms with Crippen LogP contribution in [-0.4, -0.2) is 72.2 Å². The number of likely N-dealkylation sites (tertiary alicyclic amines) is 1. The highest BCUT2D eigenvalue weighted by atomic mass is 19.1. The van der Waals surface area contributed by atoms with Gasteiger partial charge in [-0.15, -0.1) is 0 Å². The first-order valence-electron chi connectivity index (χ1n) is 13.4. The Morgan fingerprint density at radius 2 is 1.97 bits per heavy atom. The number of primary amides is 1. The number of halogens is 1. The molecule has 0 aromatic heterocycles. The molecule has 5 rings (SSSR count). The first kappa shape index (κ1) is 25.8. The Morgan fingerprint density at radius 1 is 1.19 bits per heavy atom. The predicted octanol–water partition coefficient (Wildman–Crippen LogP) is 1.92. The smallest absolute Gasteiger partial charge is 0.411 e. The predicted molar refractivity (Wildman–Crippen MR) is 136 cm³/mol. The Kier molecular flexibility index (Phi) is 6.81. The van der Waals surface area contributed by atoms with Crippen LogP contribution in [-0.2, 0) is 20.7 Å². The van der Waals surface area contributed by atoms with Gasteiger partial charge in [-0.3, -0.25) is 14.5 Å². The number of ether oxygens (including phenoxy) is 1. The van der Waals surface area contributed by atoms with E-state index in [2.05, 4.69) is 15.5 Å². The molecule has 3 aliphatic heterocycles. The normalized spacial score (nSPS) is 29.4. The second kappa shape index (κ2) is 9.78. The van der Waals surface area contributed by atoms with Gasteiger partial charge in [0.25, 0.3) is 0 Å². The zero-order chi connectivity index (χ0) is 26.5. The van der Waals surface area contributed by atoms with Crippen LogP contribution in [0.3, 0.4) is 0 Å². The highest BCUT2D eigenvalue weighted by Crippen LogP contribution is 2.43. The van der Waals surface area contributed by atoms with Gasteiger partial charge in [0, 0.05) is 43.8 Å². The van der Waals surface area contributed by atoms with Gasteiger partial charge >= 0.3 is 6.09 Å². The third-order valence-corrected chi connectivity index (χ3v) is 8.36. The van der Waals surface area contributed by atoms with E-state index in [9.17, 15) is 14.4 Å². The van der Waals surface area contributed by atoms with Crippen LogP contribution in [0.25, 0.3) is 0 Å². The molecular formula is C27H38FN5O4. The second-order valence-corrected chi connectivity index (χ2v) is 12.0. The minimum atomic E-state index is -1.09. The van der Waals surface area contributed by atoms with E-state index in [0.717, 1.165) is 51.0 Å². The van der Waals surface area contributed by atoms with E-state index in [1.165, 1.54) is 11.0 Å². The number of rotatable bonds is 6. The fourth-order valence-electron chi connectivity index (χ4n) is 6.65. The molecule has 1 aromatic carbocycles. The Morgan fingerprint density at radius 3 is 2.68 bits per heavy atom.